The van der Waals surface area contributed by atoms with Gasteiger partial charge < -0.3 is 9.90 Å². The van der Waals surface area contributed by atoms with Gasteiger partial charge in [-0.25, -0.2) is 0 Å². The van der Waals surface area contributed by atoms with Gasteiger partial charge in [0.05, 0.1) is 6.61 Å². The van der Waals surface area contributed by atoms with Gasteiger partial charge in [0.15, 0.2) is 0 Å². The molecule has 0 amide bonds. The first-order valence-corrected chi connectivity index (χ1v) is 3.70. The zero-order valence-electron chi connectivity index (χ0n) is 6.58. The van der Waals surface area contributed by atoms with Crippen molar-refractivity contribution in [2.24, 2.45) is 5.92 Å². The van der Waals surface area contributed by atoms with Crippen LogP contribution >= 0.6 is 0 Å². The number of hydrogen-bond acceptors (Lipinski definition) is 2. The Bertz CT molecular complexity index is 214. The highest BCUT2D eigenvalue weighted by Crippen LogP contribution is 2.20. The summed E-state index contributed by atoms with van der Waals surface area (Å²) in [6.45, 7) is 2.00. The molecule has 1 N–H and O–H groups in total. The lowest BCUT2D eigenvalue weighted by atomic mass is 9.92. The maximum atomic E-state index is 10.4. The molecule has 0 bridgehead atoms. The van der Waals surface area contributed by atoms with E-state index in [0.29, 0.717) is 0 Å². The smallest absolute Gasteiger partial charge is 0.127 e. The van der Waals surface area contributed by atoms with Crippen LogP contribution in [0.1, 0.15) is 13.3 Å². The number of rotatable bonds is 2. The summed E-state index contributed by atoms with van der Waals surface area (Å²) in [5.41, 5.74) is 2.01. The van der Waals surface area contributed by atoms with Crippen LogP contribution in [0, 0.1) is 5.92 Å². The Kier molecular flexibility index (Phi) is 2.60. The van der Waals surface area contributed by atoms with Crippen molar-refractivity contribution in [1.82, 2.24) is 0 Å². The standard InChI is InChI=1S/C9H12O2/c1-7-2-8(5-10)4-9(3-7)6-11/h2,4,6,9-10H,3,5H2,1H3. The third-order valence-corrected chi connectivity index (χ3v) is 1.77. The van der Waals surface area contributed by atoms with Crippen LogP contribution in [0.5, 0.6) is 0 Å². The molecule has 1 atom stereocenters. The molecule has 0 aromatic carbocycles. The SMILES string of the molecule is CC1=CC(CO)=CC(C=O)C1. The van der Waals surface area contributed by atoms with Crippen molar-refractivity contribution in [2.75, 3.05) is 6.61 Å². The molecule has 1 rings (SSSR count). The first-order chi connectivity index (χ1) is 5.26. The van der Waals surface area contributed by atoms with E-state index in [1.54, 1.807) is 0 Å². The fourth-order valence-corrected chi connectivity index (χ4v) is 1.31. The molecule has 1 aliphatic rings. The molecule has 11 heavy (non-hydrogen) atoms. The lowest BCUT2D eigenvalue weighted by molar-refractivity contribution is -0.109. The first kappa shape index (κ1) is 8.21. The van der Waals surface area contributed by atoms with Gasteiger partial charge in [0.2, 0.25) is 0 Å². The van der Waals surface area contributed by atoms with Gasteiger partial charge in [0, 0.05) is 5.92 Å². The van der Waals surface area contributed by atoms with Crippen LogP contribution in [0.15, 0.2) is 23.3 Å². The summed E-state index contributed by atoms with van der Waals surface area (Å²) in [6, 6.07) is 0. The quantitative estimate of drug-likeness (QED) is 0.601. The van der Waals surface area contributed by atoms with Gasteiger partial charge in [0.1, 0.15) is 6.29 Å². The third kappa shape index (κ3) is 2.02. The van der Waals surface area contributed by atoms with Gasteiger partial charge in [-0.15, -0.1) is 0 Å². The van der Waals surface area contributed by atoms with Crippen LogP contribution < -0.4 is 0 Å². The second-order valence-corrected chi connectivity index (χ2v) is 2.89. The Morgan fingerprint density at radius 3 is 3.09 bits per heavy atom. The summed E-state index contributed by atoms with van der Waals surface area (Å²) in [7, 11) is 0. The zero-order valence-corrected chi connectivity index (χ0v) is 6.58. The lowest BCUT2D eigenvalue weighted by Crippen LogP contribution is -2.06. The molecule has 60 valence electrons. The number of aldehydes is 1. The normalized spacial score (nSPS) is 24.0. The van der Waals surface area contributed by atoms with Gasteiger partial charge in [-0.05, 0) is 18.9 Å². The van der Waals surface area contributed by atoms with Crippen LogP contribution in [-0.2, 0) is 4.79 Å². The predicted octanol–water partition coefficient (Wildman–Crippen LogP) is 1.07. The molecule has 1 aliphatic carbocycles. The van der Waals surface area contributed by atoms with Crippen molar-refractivity contribution < 1.29 is 9.90 Å². The van der Waals surface area contributed by atoms with Crippen LogP contribution in [0.3, 0.4) is 0 Å². The topological polar surface area (TPSA) is 37.3 Å². The molecule has 0 aromatic rings. The molecule has 0 spiro atoms. The molecule has 0 saturated heterocycles. The van der Waals surface area contributed by atoms with Crippen LogP contribution in [0.2, 0.25) is 0 Å². The van der Waals surface area contributed by atoms with E-state index in [4.69, 9.17) is 5.11 Å². The molecule has 1 unspecified atom stereocenters. The fourth-order valence-electron chi connectivity index (χ4n) is 1.31. The number of aliphatic hydroxyl groups is 1. The summed E-state index contributed by atoms with van der Waals surface area (Å²) in [6.07, 6.45) is 5.47. The van der Waals surface area contributed by atoms with Crippen molar-refractivity contribution in [1.29, 1.82) is 0 Å². The average Bonchev–Trinajstić information content (AvgIpc) is 2.03. The summed E-state index contributed by atoms with van der Waals surface area (Å²) in [4.78, 5) is 10.4. The fraction of sp³-hybridized carbons (Fsp3) is 0.444. The van der Waals surface area contributed by atoms with Crippen LogP contribution in [-0.4, -0.2) is 18.0 Å². The minimum atomic E-state index is -0.0258. The Morgan fingerprint density at radius 1 is 1.82 bits per heavy atom. The van der Waals surface area contributed by atoms with E-state index in [9.17, 15) is 4.79 Å². The van der Waals surface area contributed by atoms with Gasteiger partial charge in [-0.3, -0.25) is 0 Å². The molecule has 2 heteroatoms. The van der Waals surface area contributed by atoms with Gasteiger partial charge in [-0.1, -0.05) is 17.7 Å². The highest BCUT2D eigenvalue weighted by Gasteiger charge is 2.10. The molecule has 0 aromatic heterocycles. The van der Waals surface area contributed by atoms with Crippen molar-refractivity contribution in [3.63, 3.8) is 0 Å². The predicted molar refractivity (Wildman–Crippen MR) is 43.1 cm³/mol. The van der Waals surface area contributed by atoms with Crippen molar-refractivity contribution in [3.8, 4) is 0 Å². The van der Waals surface area contributed by atoms with Gasteiger partial charge >= 0.3 is 0 Å². The monoisotopic (exact) mass is 152 g/mol. The van der Waals surface area contributed by atoms with E-state index < -0.39 is 0 Å². The average molecular weight is 152 g/mol. The Labute approximate surface area is 66.2 Å². The molecule has 0 heterocycles. The summed E-state index contributed by atoms with van der Waals surface area (Å²) in [5, 5.41) is 8.79. The number of allylic oxidation sites excluding steroid dienone is 2. The number of hydrogen-bond donors (Lipinski definition) is 1. The number of carbonyl (C=O) groups is 1. The van der Waals surface area contributed by atoms with E-state index in [2.05, 4.69) is 0 Å². The second kappa shape index (κ2) is 3.49. The summed E-state index contributed by atoms with van der Waals surface area (Å²) >= 11 is 0. The van der Waals surface area contributed by atoms with Crippen LogP contribution in [0.25, 0.3) is 0 Å². The van der Waals surface area contributed by atoms with Crippen LogP contribution in [0.4, 0.5) is 0 Å². The Morgan fingerprint density at radius 2 is 2.55 bits per heavy atom. The number of aliphatic hydroxyl groups excluding tert-OH is 1. The summed E-state index contributed by atoms with van der Waals surface area (Å²) < 4.78 is 0. The van der Waals surface area contributed by atoms with Gasteiger partial charge in [0.25, 0.3) is 0 Å². The highest BCUT2D eigenvalue weighted by atomic mass is 16.3. The van der Waals surface area contributed by atoms with E-state index in [-0.39, 0.29) is 12.5 Å². The minimum absolute atomic E-state index is 0.0258. The largest absolute Gasteiger partial charge is 0.392 e. The highest BCUT2D eigenvalue weighted by molar-refractivity contribution is 5.59. The Hall–Kier alpha value is -0.890. The van der Waals surface area contributed by atoms with E-state index >= 15 is 0 Å². The van der Waals surface area contributed by atoms with E-state index in [1.807, 2.05) is 19.1 Å². The van der Waals surface area contributed by atoms with E-state index in [1.165, 1.54) is 0 Å². The minimum Gasteiger partial charge on any atom is -0.392 e. The molecule has 2 nitrogen and oxygen atoms in total. The maximum absolute atomic E-state index is 10.4. The molecular weight excluding hydrogens is 140 g/mol. The first-order valence-electron chi connectivity index (χ1n) is 3.70. The molecule has 0 aliphatic heterocycles. The van der Waals surface area contributed by atoms with Crippen molar-refractivity contribution >= 4 is 6.29 Å². The number of carbonyl (C=O) groups excluding carboxylic acids is 1. The van der Waals surface area contributed by atoms with Crippen molar-refractivity contribution in [3.05, 3.63) is 23.3 Å². The summed E-state index contributed by atoms with van der Waals surface area (Å²) in [5.74, 6) is -0.0258. The zero-order chi connectivity index (χ0) is 8.27. The lowest BCUT2D eigenvalue weighted by Gasteiger charge is -2.13. The van der Waals surface area contributed by atoms with Crippen molar-refractivity contribution in [2.45, 2.75) is 13.3 Å². The molecule has 0 saturated carbocycles. The third-order valence-electron chi connectivity index (χ3n) is 1.77. The van der Waals surface area contributed by atoms with E-state index in [0.717, 1.165) is 23.9 Å². The molecule has 0 fully saturated rings. The maximum Gasteiger partial charge on any atom is 0.127 e. The second-order valence-electron chi connectivity index (χ2n) is 2.89. The molecule has 0 radical (unpaired) electrons. The van der Waals surface area contributed by atoms with Gasteiger partial charge in [-0.2, -0.15) is 0 Å². The molecular formula is C9H12O2. The Balaban J connectivity index is 2.76.